The summed E-state index contributed by atoms with van der Waals surface area (Å²) in [5.74, 6) is -9.55. The molecule has 2 saturated heterocycles. The Bertz CT molecular complexity index is 1580. The van der Waals surface area contributed by atoms with Gasteiger partial charge in [-0.15, -0.1) is 0 Å². The van der Waals surface area contributed by atoms with Gasteiger partial charge in [0.05, 0.1) is 0 Å². The van der Waals surface area contributed by atoms with Crippen LogP contribution in [0.5, 0.6) is 0 Å². The summed E-state index contributed by atoms with van der Waals surface area (Å²) in [7, 11) is 0. The molecule has 2 aromatic rings. The predicted molar refractivity (Wildman–Crippen MR) is 189 cm³/mol. The monoisotopic (exact) mass is 722 g/mol. The highest BCUT2D eigenvalue weighted by Gasteiger charge is 2.85. The third kappa shape index (κ3) is 8.98. The van der Waals surface area contributed by atoms with Crippen LogP contribution in [0, 0.1) is 11.8 Å². The van der Waals surface area contributed by atoms with Gasteiger partial charge in [-0.1, -0.05) is 98.8 Å². The third-order valence-corrected chi connectivity index (χ3v) is 9.90. The summed E-state index contributed by atoms with van der Waals surface area (Å²) in [5, 5.41) is 53.3. The van der Waals surface area contributed by atoms with E-state index in [1.54, 1.807) is 12.2 Å². The fourth-order valence-corrected chi connectivity index (χ4v) is 7.03. The number of hydrogen-bond acceptors (Lipinski definition) is 9. The molecule has 2 aliphatic rings. The first kappa shape index (κ1) is 40.4. The molecular weight excluding hydrogens is 672 g/mol. The lowest BCUT2D eigenvalue weighted by atomic mass is 9.74. The highest BCUT2D eigenvalue weighted by molar-refractivity contribution is 5.98. The summed E-state index contributed by atoms with van der Waals surface area (Å²) < 4.78 is 16.6. The number of carbonyl (C=O) groups is 4. The number of ether oxygens (including phenoxy) is 3. The van der Waals surface area contributed by atoms with Crippen LogP contribution in [-0.4, -0.2) is 84.7 Å². The number of aliphatic hydroxyl groups is 2. The molecule has 2 heterocycles. The predicted octanol–water partition coefficient (Wildman–Crippen LogP) is 5.10. The number of carboxylic acids is 3. The van der Waals surface area contributed by atoms with Crippen LogP contribution in [0.15, 0.2) is 85.0 Å². The van der Waals surface area contributed by atoms with Crippen molar-refractivity contribution in [3.8, 4) is 0 Å². The molecule has 2 aliphatic heterocycles. The van der Waals surface area contributed by atoms with Crippen molar-refractivity contribution in [2.45, 2.75) is 113 Å². The van der Waals surface area contributed by atoms with Crippen molar-refractivity contribution in [1.29, 1.82) is 0 Å². The van der Waals surface area contributed by atoms with E-state index >= 15 is 0 Å². The minimum Gasteiger partial charge on any atom is -0.479 e. The number of allylic oxidation sites excluding steroid dienone is 4. The topological polar surface area (TPSA) is 197 Å². The lowest BCUT2D eigenvalue weighted by Gasteiger charge is -2.48. The van der Waals surface area contributed by atoms with Gasteiger partial charge in [0.1, 0.15) is 6.10 Å². The first-order valence-electron chi connectivity index (χ1n) is 17.9. The van der Waals surface area contributed by atoms with Crippen LogP contribution in [0.2, 0.25) is 0 Å². The Morgan fingerprint density at radius 2 is 1.33 bits per heavy atom. The van der Waals surface area contributed by atoms with E-state index in [2.05, 4.69) is 24.3 Å². The molecule has 0 saturated carbocycles. The SMILES string of the molecule is CC(/C=C/CCC(=O)O[C@@H]1[C@@H](O)C2(CC/C=C/C(C)CCCc3ccccc3)OC(C(=O)O)C(O)(C(=O)O)C1(C(=O)O)O2)CCCc1ccccc1. The molecule has 52 heavy (non-hydrogen) atoms. The van der Waals surface area contributed by atoms with Crippen molar-refractivity contribution in [3.05, 3.63) is 96.1 Å². The van der Waals surface area contributed by atoms with Gasteiger partial charge in [0, 0.05) is 12.8 Å². The summed E-state index contributed by atoms with van der Waals surface area (Å²) in [6.07, 6.45) is 5.33. The Morgan fingerprint density at radius 1 is 0.808 bits per heavy atom. The molecule has 12 nitrogen and oxygen atoms in total. The molecule has 4 rings (SSSR count). The van der Waals surface area contributed by atoms with Crippen LogP contribution in [0.25, 0.3) is 0 Å². The lowest BCUT2D eigenvalue weighted by Crippen LogP contribution is -2.78. The van der Waals surface area contributed by atoms with Crippen molar-refractivity contribution in [1.82, 2.24) is 0 Å². The van der Waals surface area contributed by atoms with Gasteiger partial charge in [-0.3, -0.25) is 4.79 Å². The van der Waals surface area contributed by atoms with Gasteiger partial charge >= 0.3 is 23.9 Å². The van der Waals surface area contributed by atoms with Gasteiger partial charge < -0.3 is 39.7 Å². The number of benzene rings is 2. The zero-order valence-corrected chi connectivity index (χ0v) is 29.6. The summed E-state index contributed by atoms with van der Waals surface area (Å²) in [6, 6.07) is 20.1. The number of carbonyl (C=O) groups excluding carboxylic acids is 1. The average molecular weight is 723 g/mol. The quantitative estimate of drug-likeness (QED) is 0.0897. The van der Waals surface area contributed by atoms with Gasteiger partial charge in [0.2, 0.25) is 23.1 Å². The van der Waals surface area contributed by atoms with Crippen molar-refractivity contribution < 1.29 is 58.9 Å². The van der Waals surface area contributed by atoms with Gasteiger partial charge in [-0.2, -0.15) is 0 Å². The van der Waals surface area contributed by atoms with Crippen LogP contribution in [0.4, 0.5) is 0 Å². The van der Waals surface area contributed by atoms with Crippen molar-refractivity contribution in [2.75, 3.05) is 0 Å². The molecule has 0 aromatic heterocycles. The Morgan fingerprint density at radius 3 is 1.81 bits per heavy atom. The molecule has 5 N–H and O–H groups in total. The number of fused-ring (bicyclic) bond motifs is 2. The Hall–Kier alpha value is -4.36. The van der Waals surface area contributed by atoms with Gasteiger partial charge in [0.25, 0.3) is 0 Å². The first-order valence-corrected chi connectivity index (χ1v) is 17.9. The molecule has 6 unspecified atom stereocenters. The maximum absolute atomic E-state index is 13.1. The largest absolute Gasteiger partial charge is 0.479 e. The summed E-state index contributed by atoms with van der Waals surface area (Å²) in [4.78, 5) is 50.8. The van der Waals surface area contributed by atoms with Gasteiger partial charge in [-0.05, 0) is 74.3 Å². The second kappa shape index (κ2) is 17.9. The molecule has 0 amide bonds. The lowest BCUT2D eigenvalue weighted by molar-refractivity contribution is -0.373. The number of esters is 1. The summed E-state index contributed by atoms with van der Waals surface area (Å²) in [6.45, 7) is 4.05. The molecule has 2 aromatic carbocycles. The molecule has 2 bridgehead atoms. The third-order valence-electron chi connectivity index (χ3n) is 9.90. The average Bonchev–Trinajstić information content (AvgIpc) is 3.32. The van der Waals surface area contributed by atoms with Crippen LogP contribution in [0.1, 0.15) is 76.3 Å². The minimum absolute atomic E-state index is 0.0859. The number of aryl methyl sites for hydroxylation is 2. The normalized spacial score (nSPS) is 28.1. The number of hydrogen-bond donors (Lipinski definition) is 5. The molecule has 0 aliphatic carbocycles. The number of rotatable bonds is 20. The Kier molecular flexibility index (Phi) is 13.9. The number of aliphatic hydroxyl groups excluding tert-OH is 1. The first-order chi connectivity index (χ1) is 24.8. The molecule has 2 fully saturated rings. The second-order valence-corrected chi connectivity index (χ2v) is 13.9. The van der Waals surface area contributed by atoms with Gasteiger partial charge in [0.15, 0.2) is 6.10 Å². The summed E-state index contributed by atoms with van der Waals surface area (Å²) in [5.41, 5.74) is -4.75. The van der Waals surface area contributed by atoms with Crippen molar-refractivity contribution in [3.63, 3.8) is 0 Å². The summed E-state index contributed by atoms with van der Waals surface area (Å²) >= 11 is 0. The standard InChI is InChI=1S/C40H50O12/c1-27(17-13-23-29-19-5-3-6-20-29)15-9-10-25-31(41)50-33-32(42)38(26-12-11-16-28(2)18-14-24-30-21-7-4-8-22-30)51-34(35(43)44)39(49,36(45)46)40(33,52-38)37(47)48/h3-9,11,15-16,19-22,27-28,32-34,42,49H,10,12-14,17-18,23-26H2,1-2H3,(H,43,44)(H,45,46)(H,47,48)/b15-9+,16-11+/t27?,28?,32-,33-,34?,38?,39?,40?/m1/s1. The Labute approximate surface area is 303 Å². The van der Waals surface area contributed by atoms with Crippen molar-refractivity contribution >= 4 is 23.9 Å². The van der Waals surface area contributed by atoms with E-state index in [9.17, 15) is 44.7 Å². The Balaban J connectivity index is 1.43. The van der Waals surface area contributed by atoms with E-state index in [4.69, 9.17) is 14.2 Å². The van der Waals surface area contributed by atoms with E-state index in [0.717, 1.165) is 38.5 Å². The smallest absolute Gasteiger partial charge is 0.344 e. The van der Waals surface area contributed by atoms with Crippen LogP contribution >= 0.6 is 0 Å². The molecular formula is C40H50O12. The van der Waals surface area contributed by atoms with Crippen LogP contribution in [0.3, 0.4) is 0 Å². The fraction of sp³-hybridized carbons (Fsp3) is 0.500. The maximum atomic E-state index is 13.1. The number of aliphatic carboxylic acids is 3. The van der Waals surface area contributed by atoms with Crippen molar-refractivity contribution in [2.24, 2.45) is 11.8 Å². The molecule has 0 spiro atoms. The fourth-order valence-electron chi connectivity index (χ4n) is 7.03. The molecule has 8 atom stereocenters. The molecule has 0 radical (unpaired) electrons. The number of carboxylic acid groups (broad SMARTS) is 3. The van der Waals surface area contributed by atoms with E-state index in [1.165, 1.54) is 11.1 Å². The van der Waals surface area contributed by atoms with E-state index < -0.39 is 59.2 Å². The highest BCUT2D eigenvalue weighted by atomic mass is 16.8. The van der Waals surface area contributed by atoms with Crippen LogP contribution in [-0.2, 0) is 46.2 Å². The van der Waals surface area contributed by atoms with E-state index in [0.29, 0.717) is 0 Å². The molecule has 282 valence electrons. The maximum Gasteiger partial charge on any atom is 0.344 e. The molecule has 12 heteroatoms. The zero-order valence-electron chi connectivity index (χ0n) is 29.6. The van der Waals surface area contributed by atoms with E-state index in [1.807, 2.05) is 62.4 Å². The minimum atomic E-state index is -3.80. The van der Waals surface area contributed by atoms with Gasteiger partial charge in [-0.25, -0.2) is 14.4 Å². The second-order valence-electron chi connectivity index (χ2n) is 13.9. The van der Waals surface area contributed by atoms with E-state index in [-0.39, 0.29) is 37.5 Å². The zero-order chi connectivity index (χ0) is 37.9. The highest BCUT2D eigenvalue weighted by Crippen LogP contribution is 2.55. The van der Waals surface area contributed by atoms with Crippen LogP contribution < -0.4 is 0 Å².